The van der Waals surface area contributed by atoms with Crippen LogP contribution >= 0.6 is 11.3 Å². The summed E-state index contributed by atoms with van der Waals surface area (Å²) in [5.74, 6) is -0.216. The molecule has 0 aliphatic rings. The lowest BCUT2D eigenvalue weighted by molar-refractivity contribution is 0.461. The Labute approximate surface area is 103 Å². The van der Waals surface area contributed by atoms with E-state index in [0.29, 0.717) is 12.1 Å². The number of phenols is 1. The Morgan fingerprint density at radius 1 is 1.41 bits per heavy atom. The molecule has 0 spiro atoms. The highest BCUT2D eigenvalue weighted by Gasteiger charge is 2.02. The minimum atomic E-state index is -0.334. The van der Waals surface area contributed by atoms with Crippen LogP contribution in [0.2, 0.25) is 0 Å². The standard InChI is InChI=1S/C12H13FN2OS/c13-10-1-2-12(16)9(5-10)6-14-4-3-11-7-17-8-15-11/h1-2,5,7-8,14,16H,3-4,6H2. The van der Waals surface area contributed by atoms with Gasteiger partial charge in [-0.05, 0) is 18.2 Å². The maximum atomic E-state index is 12.9. The van der Waals surface area contributed by atoms with Gasteiger partial charge in [-0.1, -0.05) is 0 Å². The lowest BCUT2D eigenvalue weighted by atomic mass is 10.2. The van der Waals surface area contributed by atoms with Crippen molar-refractivity contribution in [3.05, 3.63) is 46.2 Å². The minimum absolute atomic E-state index is 0.118. The molecule has 3 nitrogen and oxygen atoms in total. The van der Waals surface area contributed by atoms with Gasteiger partial charge in [-0.3, -0.25) is 0 Å². The third kappa shape index (κ3) is 3.51. The maximum Gasteiger partial charge on any atom is 0.123 e. The largest absolute Gasteiger partial charge is 0.508 e. The molecule has 17 heavy (non-hydrogen) atoms. The van der Waals surface area contributed by atoms with Crippen LogP contribution in [-0.2, 0) is 13.0 Å². The van der Waals surface area contributed by atoms with Crippen molar-refractivity contribution >= 4 is 11.3 Å². The van der Waals surface area contributed by atoms with Gasteiger partial charge in [0.1, 0.15) is 11.6 Å². The quantitative estimate of drug-likeness (QED) is 0.803. The van der Waals surface area contributed by atoms with Crippen molar-refractivity contribution in [2.45, 2.75) is 13.0 Å². The molecule has 0 aliphatic heterocycles. The molecular weight excluding hydrogens is 239 g/mol. The summed E-state index contributed by atoms with van der Waals surface area (Å²) in [5, 5.41) is 14.6. The average Bonchev–Trinajstić information content (AvgIpc) is 2.82. The van der Waals surface area contributed by atoms with Gasteiger partial charge in [0.05, 0.1) is 11.2 Å². The fourth-order valence-electron chi connectivity index (χ4n) is 1.50. The molecular formula is C12H13FN2OS. The van der Waals surface area contributed by atoms with Crippen molar-refractivity contribution in [3.8, 4) is 5.75 Å². The third-order valence-electron chi connectivity index (χ3n) is 2.40. The highest BCUT2D eigenvalue weighted by molar-refractivity contribution is 7.07. The molecule has 1 aromatic heterocycles. The van der Waals surface area contributed by atoms with E-state index >= 15 is 0 Å². The SMILES string of the molecule is Oc1ccc(F)cc1CNCCc1cscn1. The molecule has 1 aromatic carbocycles. The normalized spacial score (nSPS) is 10.6. The number of halogens is 1. The van der Waals surface area contributed by atoms with E-state index in [2.05, 4.69) is 10.3 Å². The first-order chi connectivity index (χ1) is 8.25. The number of rotatable bonds is 5. The van der Waals surface area contributed by atoms with Crippen LogP contribution in [0, 0.1) is 5.82 Å². The Hall–Kier alpha value is -1.46. The molecule has 5 heteroatoms. The Kier molecular flexibility index (Phi) is 4.06. The molecule has 0 radical (unpaired) electrons. The topological polar surface area (TPSA) is 45.1 Å². The van der Waals surface area contributed by atoms with E-state index in [-0.39, 0.29) is 11.6 Å². The highest BCUT2D eigenvalue weighted by Crippen LogP contribution is 2.17. The summed E-state index contributed by atoms with van der Waals surface area (Å²) in [4.78, 5) is 4.16. The van der Waals surface area contributed by atoms with Crippen LogP contribution < -0.4 is 5.32 Å². The molecule has 0 unspecified atom stereocenters. The Bertz CT molecular complexity index is 473. The first kappa shape index (κ1) is 12.0. The fraction of sp³-hybridized carbons (Fsp3) is 0.250. The monoisotopic (exact) mass is 252 g/mol. The first-order valence-corrected chi connectivity index (χ1v) is 6.25. The number of hydrogen-bond acceptors (Lipinski definition) is 4. The van der Waals surface area contributed by atoms with E-state index in [1.165, 1.54) is 18.2 Å². The van der Waals surface area contributed by atoms with Crippen LogP contribution in [0.4, 0.5) is 4.39 Å². The predicted molar refractivity (Wildman–Crippen MR) is 65.6 cm³/mol. The van der Waals surface area contributed by atoms with Crippen LogP contribution in [0.15, 0.2) is 29.1 Å². The molecule has 2 N–H and O–H groups in total. The van der Waals surface area contributed by atoms with Crippen LogP contribution in [0.25, 0.3) is 0 Å². The number of hydrogen-bond donors (Lipinski definition) is 2. The van der Waals surface area contributed by atoms with Gasteiger partial charge in [-0.15, -0.1) is 11.3 Å². The number of aromatic hydroxyl groups is 1. The van der Waals surface area contributed by atoms with Gasteiger partial charge in [0.15, 0.2) is 0 Å². The van der Waals surface area contributed by atoms with Crippen molar-refractivity contribution in [1.29, 1.82) is 0 Å². The molecule has 0 fully saturated rings. The lowest BCUT2D eigenvalue weighted by Crippen LogP contribution is -2.17. The van der Waals surface area contributed by atoms with E-state index < -0.39 is 0 Å². The van der Waals surface area contributed by atoms with E-state index in [1.807, 2.05) is 5.38 Å². The van der Waals surface area contributed by atoms with Gasteiger partial charge in [0, 0.05) is 30.5 Å². The van der Waals surface area contributed by atoms with Gasteiger partial charge in [0.25, 0.3) is 0 Å². The van der Waals surface area contributed by atoms with Gasteiger partial charge >= 0.3 is 0 Å². The lowest BCUT2D eigenvalue weighted by Gasteiger charge is -2.06. The van der Waals surface area contributed by atoms with E-state index in [4.69, 9.17) is 0 Å². The van der Waals surface area contributed by atoms with E-state index in [0.717, 1.165) is 18.7 Å². The van der Waals surface area contributed by atoms with Crippen LogP contribution in [0.5, 0.6) is 5.75 Å². The van der Waals surface area contributed by atoms with Crippen molar-refractivity contribution in [2.75, 3.05) is 6.54 Å². The van der Waals surface area contributed by atoms with Gasteiger partial charge in [-0.25, -0.2) is 9.37 Å². The summed E-state index contributed by atoms with van der Waals surface area (Å²) in [6, 6.07) is 3.95. The number of thiazole rings is 1. The molecule has 0 amide bonds. The molecule has 0 bridgehead atoms. The first-order valence-electron chi connectivity index (χ1n) is 5.31. The number of benzene rings is 1. The number of aromatic nitrogens is 1. The second kappa shape index (κ2) is 5.75. The van der Waals surface area contributed by atoms with E-state index in [9.17, 15) is 9.50 Å². The van der Waals surface area contributed by atoms with Crippen molar-refractivity contribution in [3.63, 3.8) is 0 Å². The zero-order chi connectivity index (χ0) is 12.1. The molecule has 0 saturated carbocycles. The minimum Gasteiger partial charge on any atom is -0.508 e. The van der Waals surface area contributed by atoms with Crippen molar-refractivity contribution in [2.24, 2.45) is 0 Å². The fourth-order valence-corrected chi connectivity index (χ4v) is 2.09. The van der Waals surface area contributed by atoms with Gasteiger partial charge in [0.2, 0.25) is 0 Å². The van der Waals surface area contributed by atoms with Crippen LogP contribution in [0.3, 0.4) is 0 Å². The summed E-state index contributed by atoms with van der Waals surface area (Å²) >= 11 is 1.57. The zero-order valence-corrected chi connectivity index (χ0v) is 10.0. The number of nitrogens with one attached hydrogen (secondary N) is 1. The zero-order valence-electron chi connectivity index (χ0n) is 9.19. The van der Waals surface area contributed by atoms with Crippen molar-refractivity contribution < 1.29 is 9.50 Å². The van der Waals surface area contributed by atoms with Crippen molar-refractivity contribution in [1.82, 2.24) is 10.3 Å². The summed E-state index contributed by atoms with van der Waals surface area (Å²) in [6.45, 7) is 1.20. The number of nitrogens with zero attached hydrogens (tertiary/aromatic N) is 1. The molecule has 0 aliphatic carbocycles. The molecule has 2 aromatic rings. The third-order valence-corrected chi connectivity index (χ3v) is 3.03. The summed E-state index contributed by atoms with van der Waals surface area (Å²) in [6.07, 6.45) is 0.833. The van der Waals surface area contributed by atoms with Crippen LogP contribution in [-0.4, -0.2) is 16.6 Å². The summed E-state index contributed by atoms with van der Waals surface area (Å²) in [7, 11) is 0. The van der Waals surface area contributed by atoms with Crippen LogP contribution in [0.1, 0.15) is 11.3 Å². The summed E-state index contributed by atoms with van der Waals surface area (Å²) < 4.78 is 12.9. The molecule has 1 heterocycles. The smallest absolute Gasteiger partial charge is 0.123 e. The second-order valence-electron chi connectivity index (χ2n) is 3.68. The van der Waals surface area contributed by atoms with Gasteiger partial charge in [-0.2, -0.15) is 0 Å². The Morgan fingerprint density at radius 2 is 2.29 bits per heavy atom. The Balaban J connectivity index is 1.80. The average molecular weight is 252 g/mol. The van der Waals surface area contributed by atoms with E-state index in [1.54, 1.807) is 16.8 Å². The van der Waals surface area contributed by atoms with Gasteiger partial charge < -0.3 is 10.4 Å². The Morgan fingerprint density at radius 3 is 3.06 bits per heavy atom. The predicted octanol–water partition coefficient (Wildman–Crippen LogP) is 2.32. The molecule has 90 valence electrons. The second-order valence-corrected chi connectivity index (χ2v) is 4.40. The summed E-state index contributed by atoms with van der Waals surface area (Å²) in [5.41, 5.74) is 3.42. The molecule has 0 atom stereocenters. The maximum absolute atomic E-state index is 12.9. The molecule has 2 rings (SSSR count). The highest BCUT2D eigenvalue weighted by atomic mass is 32.1. The molecule has 0 saturated heterocycles. The number of phenolic OH excluding ortho intramolecular Hbond substituents is 1.